The molecule has 1 amide bonds. The molecule has 0 saturated heterocycles. The van der Waals surface area contributed by atoms with Crippen molar-refractivity contribution in [3.8, 4) is 0 Å². The Kier molecular flexibility index (Phi) is 5.19. The summed E-state index contributed by atoms with van der Waals surface area (Å²) in [4.78, 5) is 27.5. The largest absolute Gasteiger partial charge is 0.478 e. The molecule has 0 aliphatic rings. The lowest BCUT2D eigenvalue weighted by atomic mass is 10.2. The molecule has 0 aliphatic carbocycles. The molecule has 0 radical (unpaired) electrons. The Hall–Kier alpha value is -2.05. The molecule has 0 aliphatic heterocycles. The second-order valence-electron chi connectivity index (χ2n) is 3.99. The van der Waals surface area contributed by atoms with E-state index in [1.165, 1.54) is 30.2 Å². The number of nitrogens with zero attached hydrogens (tertiary/aromatic N) is 1. The first kappa shape index (κ1) is 15.3. The Labute approximate surface area is 130 Å². The van der Waals surface area contributed by atoms with Crippen LogP contribution in [0.2, 0.25) is 5.02 Å². The molecule has 1 aromatic carbocycles. The number of carbonyl (C=O) groups excluding carboxylic acids is 1. The van der Waals surface area contributed by atoms with E-state index >= 15 is 0 Å². The lowest BCUT2D eigenvalue weighted by Gasteiger charge is -2.08. The van der Waals surface area contributed by atoms with Gasteiger partial charge in [-0.05, 0) is 18.2 Å². The van der Waals surface area contributed by atoms with Crippen LogP contribution in [0.5, 0.6) is 0 Å². The van der Waals surface area contributed by atoms with Crippen molar-refractivity contribution in [1.82, 2.24) is 4.98 Å². The first-order valence-corrected chi connectivity index (χ1v) is 7.29. The summed E-state index contributed by atoms with van der Waals surface area (Å²) in [6.07, 6.45) is 2.67. The number of pyridine rings is 1. The number of benzene rings is 1. The van der Waals surface area contributed by atoms with Crippen molar-refractivity contribution in [3.63, 3.8) is 0 Å². The minimum Gasteiger partial charge on any atom is -0.478 e. The Morgan fingerprint density at radius 3 is 2.76 bits per heavy atom. The quantitative estimate of drug-likeness (QED) is 0.827. The molecule has 2 aromatic rings. The van der Waals surface area contributed by atoms with Crippen LogP contribution in [0.15, 0.2) is 47.6 Å². The molecule has 0 spiro atoms. The third-order valence-corrected chi connectivity index (χ3v) is 4.04. The molecule has 0 atom stereocenters. The Morgan fingerprint density at radius 2 is 2.05 bits per heavy atom. The summed E-state index contributed by atoms with van der Waals surface area (Å²) >= 11 is 7.27. The first-order valence-electron chi connectivity index (χ1n) is 5.92. The van der Waals surface area contributed by atoms with Crippen LogP contribution in [0.25, 0.3) is 0 Å². The zero-order valence-corrected chi connectivity index (χ0v) is 12.3. The van der Waals surface area contributed by atoms with Crippen molar-refractivity contribution >= 4 is 40.9 Å². The highest BCUT2D eigenvalue weighted by molar-refractivity contribution is 8.00. The second kappa shape index (κ2) is 7.10. The highest BCUT2D eigenvalue weighted by Crippen LogP contribution is 2.26. The fourth-order valence-corrected chi connectivity index (χ4v) is 2.61. The van der Waals surface area contributed by atoms with E-state index in [0.717, 1.165) is 4.90 Å². The van der Waals surface area contributed by atoms with Crippen molar-refractivity contribution in [2.24, 2.45) is 0 Å². The topological polar surface area (TPSA) is 79.3 Å². The van der Waals surface area contributed by atoms with Gasteiger partial charge in [0, 0.05) is 11.1 Å². The molecule has 2 N–H and O–H groups in total. The number of carboxylic acids is 1. The Morgan fingerprint density at radius 1 is 1.29 bits per heavy atom. The lowest BCUT2D eigenvalue weighted by molar-refractivity contribution is -0.113. The molecule has 108 valence electrons. The van der Waals surface area contributed by atoms with E-state index in [2.05, 4.69) is 10.3 Å². The van der Waals surface area contributed by atoms with Crippen molar-refractivity contribution in [2.75, 3.05) is 11.1 Å². The minimum atomic E-state index is -1.12. The summed E-state index contributed by atoms with van der Waals surface area (Å²) in [5.74, 6) is -1.32. The van der Waals surface area contributed by atoms with Gasteiger partial charge in [0.05, 0.1) is 28.2 Å². The summed E-state index contributed by atoms with van der Waals surface area (Å²) in [5.41, 5.74) is 0.177. The highest BCUT2D eigenvalue weighted by atomic mass is 35.5. The molecular weight excluding hydrogens is 312 g/mol. The number of halogens is 1. The number of aromatic nitrogens is 1. The number of carboxylic acid groups (broad SMARTS) is 1. The van der Waals surface area contributed by atoms with Crippen LogP contribution < -0.4 is 5.32 Å². The molecule has 21 heavy (non-hydrogen) atoms. The molecule has 0 saturated carbocycles. The molecule has 1 heterocycles. The normalized spacial score (nSPS) is 10.1. The zero-order valence-electron chi connectivity index (χ0n) is 10.7. The maximum absolute atomic E-state index is 11.9. The summed E-state index contributed by atoms with van der Waals surface area (Å²) in [5, 5.41) is 12.1. The Bertz CT molecular complexity index is 679. The van der Waals surface area contributed by atoms with E-state index < -0.39 is 5.97 Å². The van der Waals surface area contributed by atoms with E-state index in [1.54, 1.807) is 12.1 Å². The third-order valence-electron chi connectivity index (χ3n) is 2.52. The Balaban J connectivity index is 2.00. The number of hydrogen-bond donors (Lipinski definition) is 2. The lowest BCUT2D eigenvalue weighted by Crippen LogP contribution is -2.16. The van der Waals surface area contributed by atoms with Crippen LogP contribution in [0, 0.1) is 0 Å². The number of aromatic carboxylic acids is 1. The van der Waals surface area contributed by atoms with Gasteiger partial charge in [0.1, 0.15) is 0 Å². The molecular formula is C14H11ClN2O3S. The number of hydrogen-bond acceptors (Lipinski definition) is 4. The number of anilines is 1. The van der Waals surface area contributed by atoms with Crippen molar-refractivity contribution in [2.45, 2.75) is 4.90 Å². The highest BCUT2D eigenvalue weighted by Gasteiger charge is 2.12. The van der Waals surface area contributed by atoms with Gasteiger partial charge in [-0.3, -0.25) is 9.78 Å². The van der Waals surface area contributed by atoms with Crippen molar-refractivity contribution < 1.29 is 14.7 Å². The van der Waals surface area contributed by atoms with Gasteiger partial charge in [-0.2, -0.15) is 0 Å². The average Bonchev–Trinajstić information content (AvgIpc) is 2.47. The molecule has 2 rings (SSSR count). The number of thioether (sulfide) groups is 1. The fraction of sp³-hybridized carbons (Fsp3) is 0.0714. The molecule has 7 heteroatoms. The number of carbonyl (C=O) groups is 2. The van der Waals surface area contributed by atoms with Gasteiger partial charge < -0.3 is 10.4 Å². The SMILES string of the molecule is O=C(CSc1ccccc1Cl)Nc1cnccc1C(=O)O. The number of rotatable bonds is 5. The zero-order chi connectivity index (χ0) is 15.2. The molecule has 5 nitrogen and oxygen atoms in total. The van der Waals surface area contributed by atoms with E-state index in [1.807, 2.05) is 12.1 Å². The van der Waals surface area contributed by atoms with E-state index in [9.17, 15) is 9.59 Å². The van der Waals surface area contributed by atoms with Crippen LogP contribution in [-0.2, 0) is 4.79 Å². The maximum Gasteiger partial charge on any atom is 0.337 e. The second-order valence-corrected chi connectivity index (χ2v) is 5.42. The van der Waals surface area contributed by atoms with E-state index in [-0.39, 0.29) is 22.9 Å². The summed E-state index contributed by atoms with van der Waals surface area (Å²) in [6, 6.07) is 8.52. The van der Waals surface area contributed by atoms with E-state index in [4.69, 9.17) is 16.7 Å². The monoisotopic (exact) mass is 322 g/mol. The molecule has 0 unspecified atom stereocenters. The van der Waals surface area contributed by atoms with Gasteiger partial charge in [0.25, 0.3) is 0 Å². The van der Waals surface area contributed by atoms with E-state index in [0.29, 0.717) is 5.02 Å². The van der Waals surface area contributed by atoms with Crippen molar-refractivity contribution in [1.29, 1.82) is 0 Å². The number of nitrogens with one attached hydrogen (secondary N) is 1. The van der Waals surface area contributed by atoms with Gasteiger partial charge in [-0.25, -0.2) is 4.79 Å². The standard InChI is InChI=1S/C14H11ClN2O3S/c15-10-3-1-2-4-12(10)21-8-13(18)17-11-7-16-6-5-9(11)14(19)20/h1-7H,8H2,(H,17,18)(H,19,20). The maximum atomic E-state index is 11.9. The van der Waals surface area contributed by atoms with Crippen LogP contribution in [-0.4, -0.2) is 27.7 Å². The third kappa shape index (κ3) is 4.21. The molecule has 0 bridgehead atoms. The van der Waals surface area contributed by atoms with Gasteiger partial charge in [-0.1, -0.05) is 23.7 Å². The van der Waals surface area contributed by atoms with Gasteiger partial charge in [0.2, 0.25) is 5.91 Å². The van der Waals surface area contributed by atoms with Gasteiger partial charge >= 0.3 is 5.97 Å². The van der Waals surface area contributed by atoms with Crippen LogP contribution in [0.3, 0.4) is 0 Å². The fourth-order valence-electron chi connectivity index (χ4n) is 1.57. The van der Waals surface area contributed by atoms with Gasteiger partial charge in [-0.15, -0.1) is 11.8 Å². The minimum absolute atomic E-state index is 0.00101. The summed E-state index contributed by atoms with van der Waals surface area (Å²) < 4.78 is 0. The molecule has 0 fully saturated rings. The number of amides is 1. The predicted octanol–water partition coefficient (Wildman–Crippen LogP) is 3.16. The van der Waals surface area contributed by atoms with Crippen molar-refractivity contribution in [3.05, 3.63) is 53.3 Å². The first-order chi connectivity index (χ1) is 10.1. The predicted molar refractivity (Wildman–Crippen MR) is 82.0 cm³/mol. The summed E-state index contributed by atoms with van der Waals surface area (Å²) in [7, 11) is 0. The van der Waals surface area contributed by atoms with Crippen LogP contribution >= 0.6 is 23.4 Å². The van der Waals surface area contributed by atoms with Crippen LogP contribution in [0.4, 0.5) is 5.69 Å². The van der Waals surface area contributed by atoms with Crippen LogP contribution in [0.1, 0.15) is 10.4 Å². The summed E-state index contributed by atoms with van der Waals surface area (Å²) in [6.45, 7) is 0. The smallest absolute Gasteiger partial charge is 0.337 e. The average molecular weight is 323 g/mol. The molecule has 1 aromatic heterocycles. The van der Waals surface area contributed by atoms with Gasteiger partial charge in [0.15, 0.2) is 0 Å².